The molecule has 0 spiro atoms. The summed E-state index contributed by atoms with van der Waals surface area (Å²) in [4.78, 5) is 38.0. The van der Waals surface area contributed by atoms with Crippen LogP contribution in [0.3, 0.4) is 0 Å². The number of ketones is 1. The number of rotatable bonds is 11. The monoisotopic (exact) mass is 614 g/mol. The van der Waals surface area contributed by atoms with Crippen LogP contribution < -0.4 is 9.61 Å². The molecule has 2 aromatic rings. The molecule has 1 saturated carbocycles. The molecule has 1 amide bonds. The van der Waals surface area contributed by atoms with E-state index in [9.17, 15) is 29.2 Å². The summed E-state index contributed by atoms with van der Waals surface area (Å²) in [5, 5.41) is 25.9. The van der Waals surface area contributed by atoms with E-state index in [2.05, 4.69) is 11.7 Å². The van der Waals surface area contributed by atoms with Crippen LogP contribution in [0.25, 0.3) is 10.8 Å². The molecule has 2 fully saturated rings. The van der Waals surface area contributed by atoms with Crippen LogP contribution in [0.2, 0.25) is 0 Å². The second-order valence-corrected chi connectivity index (χ2v) is 12.6. The molecule has 1 unspecified atom stereocenters. The highest BCUT2D eigenvalue weighted by molar-refractivity contribution is 7.52. The van der Waals surface area contributed by atoms with E-state index in [1.54, 1.807) is 24.3 Å². The molecular weight excluding hydrogens is 579 g/mol. The third-order valence-electron chi connectivity index (χ3n) is 7.83. The molecule has 2 aliphatic heterocycles. The first-order valence-corrected chi connectivity index (χ1v) is 15.7. The predicted octanol–water partition coefficient (Wildman–Crippen LogP) is 3.13. The Morgan fingerprint density at radius 1 is 1.21 bits per heavy atom. The number of fused-ring (bicyclic) bond motifs is 1. The lowest BCUT2D eigenvalue weighted by Crippen LogP contribution is -2.46. The van der Waals surface area contributed by atoms with Crippen LogP contribution in [0.4, 0.5) is 0 Å². The molecule has 2 aromatic carbocycles. The molecule has 0 radical (unpaired) electrons. The molecule has 1 aliphatic carbocycles. The largest absolute Gasteiger partial charge is 0.461 e. The smallest absolute Gasteiger partial charge is 0.459 e. The second-order valence-electron chi connectivity index (χ2n) is 10.9. The van der Waals surface area contributed by atoms with E-state index in [4.69, 9.17) is 18.5 Å². The summed E-state index contributed by atoms with van der Waals surface area (Å²) in [5.74, 6) is -1.47. The number of hydrogen-bond donors (Lipinski definition) is 3. The van der Waals surface area contributed by atoms with Crippen molar-refractivity contribution in [2.24, 2.45) is 0 Å². The fourth-order valence-corrected chi connectivity index (χ4v) is 6.94. The van der Waals surface area contributed by atoms with E-state index in [1.165, 1.54) is 19.2 Å². The van der Waals surface area contributed by atoms with Gasteiger partial charge in [-0.3, -0.25) is 23.8 Å². The highest BCUT2D eigenvalue weighted by Crippen LogP contribution is 2.49. The molecule has 2 heterocycles. The van der Waals surface area contributed by atoms with Crippen molar-refractivity contribution >= 4 is 36.2 Å². The number of ether oxygens (including phenoxy) is 2. The number of amides is 1. The lowest BCUT2D eigenvalue weighted by atomic mass is 9.96. The SMILES string of the molecule is C=C[C@]1(COP(=O)(N[C@@H](C)C(=O)OC2CCCC2)Oc2cccc3ccccc23)O[C@@H](N2C=CC(=O)CC2=O)[C@H](O)[C@@H]1O. The van der Waals surface area contributed by atoms with Crippen molar-refractivity contribution in [2.75, 3.05) is 6.61 Å². The fraction of sp³-hybridized carbons (Fsp3) is 0.433. The lowest BCUT2D eigenvalue weighted by Gasteiger charge is -2.32. The molecule has 230 valence electrons. The summed E-state index contributed by atoms with van der Waals surface area (Å²) in [6, 6.07) is 11.3. The second kappa shape index (κ2) is 12.7. The predicted molar refractivity (Wildman–Crippen MR) is 155 cm³/mol. The van der Waals surface area contributed by atoms with Gasteiger partial charge >= 0.3 is 13.7 Å². The number of benzene rings is 2. The molecular formula is C30H35N2O10P. The number of hydrogen-bond acceptors (Lipinski definition) is 10. The van der Waals surface area contributed by atoms with Gasteiger partial charge in [-0.25, -0.2) is 4.57 Å². The van der Waals surface area contributed by atoms with Crippen molar-refractivity contribution in [3.05, 3.63) is 67.4 Å². The van der Waals surface area contributed by atoms with Crippen LogP contribution in [0.5, 0.6) is 5.75 Å². The first-order chi connectivity index (χ1) is 20.5. The van der Waals surface area contributed by atoms with E-state index < -0.39 is 68.5 Å². The summed E-state index contributed by atoms with van der Waals surface area (Å²) >= 11 is 0. The summed E-state index contributed by atoms with van der Waals surface area (Å²) < 4.78 is 37.6. The van der Waals surface area contributed by atoms with E-state index in [0.717, 1.165) is 42.0 Å². The maximum Gasteiger partial charge on any atom is 0.459 e. The van der Waals surface area contributed by atoms with Gasteiger partial charge in [0.15, 0.2) is 12.0 Å². The van der Waals surface area contributed by atoms with Gasteiger partial charge in [-0.05, 0) is 50.1 Å². The zero-order valence-corrected chi connectivity index (χ0v) is 24.6. The number of aliphatic hydroxyl groups is 2. The van der Waals surface area contributed by atoms with Crippen LogP contribution in [-0.2, 0) is 32.9 Å². The van der Waals surface area contributed by atoms with Gasteiger partial charge in [0.25, 0.3) is 0 Å². The molecule has 1 saturated heterocycles. The van der Waals surface area contributed by atoms with Crippen molar-refractivity contribution in [1.82, 2.24) is 9.99 Å². The molecule has 0 bridgehead atoms. The fourth-order valence-electron chi connectivity index (χ4n) is 5.39. The van der Waals surface area contributed by atoms with Crippen molar-refractivity contribution < 1.29 is 47.7 Å². The number of allylic oxidation sites excluding steroid dienone is 1. The Hall–Kier alpha value is -3.38. The van der Waals surface area contributed by atoms with Crippen LogP contribution >= 0.6 is 7.75 Å². The number of carbonyl (C=O) groups is 3. The van der Waals surface area contributed by atoms with Crippen molar-refractivity contribution in [3.8, 4) is 5.75 Å². The van der Waals surface area contributed by atoms with Crippen LogP contribution in [0.1, 0.15) is 39.0 Å². The molecule has 5 rings (SSSR count). The standard InChI is InChI=1S/C30H35N2O10P/c1-3-30(27(36)26(35)28(41-30)32-16-15-21(33)17-25(32)34)18-39-43(38,31-19(2)29(37)40-22-11-5-6-12-22)42-24-14-8-10-20-9-4-7-13-23(20)24/h3-4,7-10,13-16,19,22,26-28,35-36H,1,5-6,11-12,17-18H2,2H3,(H,31,38)/t19-,26+,27-,28+,30+,43?/m0/s1. The average molecular weight is 615 g/mol. The highest BCUT2D eigenvalue weighted by atomic mass is 31.2. The Balaban J connectivity index is 1.39. The number of esters is 1. The number of nitrogens with one attached hydrogen (secondary N) is 1. The third kappa shape index (κ3) is 6.59. The Labute approximate surface area is 248 Å². The van der Waals surface area contributed by atoms with Gasteiger partial charge in [-0.2, -0.15) is 5.09 Å². The van der Waals surface area contributed by atoms with Crippen molar-refractivity contribution in [2.45, 2.75) is 75.2 Å². The molecule has 0 aromatic heterocycles. The Bertz CT molecular complexity index is 1470. The number of carbonyl (C=O) groups excluding carboxylic acids is 3. The minimum atomic E-state index is -4.44. The first-order valence-electron chi connectivity index (χ1n) is 14.1. The van der Waals surface area contributed by atoms with Crippen LogP contribution in [-0.4, -0.2) is 75.6 Å². The van der Waals surface area contributed by atoms with Gasteiger partial charge < -0.3 is 24.2 Å². The zero-order chi connectivity index (χ0) is 30.8. The van der Waals surface area contributed by atoms with Gasteiger partial charge in [0.2, 0.25) is 5.91 Å². The summed E-state index contributed by atoms with van der Waals surface area (Å²) in [5.41, 5.74) is -1.85. The molecule has 3 aliphatic rings. The van der Waals surface area contributed by atoms with Crippen molar-refractivity contribution in [3.63, 3.8) is 0 Å². The van der Waals surface area contributed by atoms with E-state index in [-0.39, 0.29) is 11.9 Å². The van der Waals surface area contributed by atoms with Gasteiger partial charge in [0, 0.05) is 11.6 Å². The molecule has 12 nitrogen and oxygen atoms in total. The van der Waals surface area contributed by atoms with E-state index in [0.29, 0.717) is 5.39 Å². The zero-order valence-electron chi connectivity index (χ0n) is 23.7. The Morgan fingerprint density at radius 3 is 2.65 bits per heavy atom. The third-order valence-corrected chi connectivity index (χ3v) is 9.44. The van der Waals surface area contributed by atoms with Crippen LogP contribution in [0.15, 0.2) is 67.4 Å². The van der Waals surface area contributed by atoms with Crippen molar-refractivity contribution in [1.29, 1.82) is 0 Å². The Kier molecular flexibility index (Phi) is 9.17. The summed E-state index contributed by atoms with van der Waals surface area (Å²) in [6.45, 7) is 4.52. The van der Waals surface area contributed by atoms with E-state index in [1.807, 2.05) is 18.2 Å². The average Bonchev–Trinajstić information content (AvgIpc) is 3.59. The van der Waals surface area contributed by atoms with Gasteiger partial charge in [-0.15, -0.1) is 6.58 Å². The number of aliphatic hydroxyl groups excluding tert-OH is 2. The highest BCUT2D eigenvalue weighted by Gasteiger charge is 2.56. The molecule has 3 N–H and O–H groups in total. The minimum absolute atomic E-state index is 0.206. The van der Waals surface area contributed by atoms with Gasteiger partial charge in [0.1, 0.15) is 35.7 Å². The topological polar surface area (TPSA) is 161 Å². The first kappa shape index (κ1) is 31.1. The van der Waals surface area contributed by atoms with E-state index >= 15 is 0 Å². The molecule has 6 atom stereocenters. The molecule has 13 heteroatoms. The van der Waals surface area contributed by atoms with Crippen LogP contribution in [0, 0.1) is 0 Å². The number of nitrogens with zero attached hydrogens (tertiary/aromatic N) is 1. The maximum atomic E-state index is 14.3. The minimum Gasteiger partial charge on any atom is -0.461 e. The van der Waals surface area contributed by atoms with Gasteiger partial charge in [0.05, 0.1) is 13.0 Å². The normalized spacial score (nSPS) is 28.2. The Morgan fingerprint density at radius 2 is 1.93 bits per heavy atom. The quantitative estimate of drug-likeness (QED) is 0.148. The summed E-state index contributed by atoms with van der Waals surface area (Å²) in [6.07, 6.45) is 1.58. The lowest BCUT2D eigenvalue weighted by molar-refractivity contribution is -0.153. The molecule has 43 heavy (non-hydrogen) atoms. The van der Waals surface area contributed by atoms with Gasteiger partial charge in [-0.1, -0.05) is 42.5 Å². The summed E-state index contributed by atoms with van der Waals surface area (Å²) in [7, 11) is -4.44. The maximum absolute atomic E-state index is 14.3.